The van der Waals surface area contributed by atoms with Crippen molar-refractivity contribution in [1.29, 1.82) is 0 Å². The van der Waals surface area contributed by atoms with Crippen molar-refractivity contribution in [2.45, 2.75) is 38.0 Å². The van der Waals surface area contributed by atoms with E-state index in [2.05, 4.69) is 27.0 Å². The van der Waals surface area contributed by atoms with Gasteiger partial charge in [-0.05, 0) is 31.6 Å². The third-order valence-corrected chi connectivity index (χ3v) is 4.21. The summed E-state index contributed by atoms with van der Waals surface area (Å²) < 4.78 is 5.46. The molecular weight excluding hydrogens is 242 g/mol. The van der Waals surface area contributed by atoms with Gasteiger partial charge in [-0.25, -0.2) is 4.98 Å². The molecule has 2 heterocycles. The van der Waals surface area contributed by atoms with E-state index < -0.39 is 0 Å². The normalized spacial score (nSPS) is 27.6. The molecule has 1 aliphatic rings. The summed E-state index contributed by atoms with van der Waals surface area (Å²) in [6.45, 7) is 2.84. The third kappa shape index (κ3) is 2.16. The summed E-state index contributed by atoms with van der Waals surface area (Å²) in [5.74, 6) is 2.55. The molecule has 6 nitrogen and oxygen atoms in total. The quantitative estimate of drug-likeness (QED) is 0.879. The molecule has 6 heteroatoms. The maximum Gasteiger partial charge on any atom is 0.238 e. The molecule has 0 spiro atoms. The Balaban J connectivity index is 1.88. The molecule has 0 unspecified atom stereocenters. The second-order valence-corrected chi connectivity index (χ2v) is 5.53. The molecule has 3 rings (SSSR count). The van der Waals surface area contributed by atoms with Crippen LogP contribution in [0.4, 0.5) is 0 Å². The average molecular weight is 261 g/mol. The van der Waals surface area contributed by atoms with Crippen LogP contribution in [0.3, 0.4) is 0 Å². The SMILES string of the molecule is CC1CCC(CN)(c2nc(-c3ncc[nH]3)no2)CC1. The minimum absolute atomic E-state index is 0.148. The molecule has 0 aliphatic heterocycles. The predicted octanol–water partition coefficient (Wildman–Crippen LogP) is 1.87. The molecule has 0 atom stereocenters. The lowest BCUT2D eigenvalue weighted by Crippen LogP contribution is -2.39. The smallest absolute Gasteiger partial charge is 0.238 e. The molecule has 0 radical (unpaired) electrons. The maximum absolute atomic E-state index is 5.99. The fourth-order valence-electron chi connectivity index (χ4n) is 2.74. The van der Waals surface area contributed by atoms with Crippen molar-refractivity contribution in [2.24, 2.45) is 11.7 Å². The second kappa shape index (κ2) is 4.77. The standard InChI is InChI=1S/C13H19N5O/c1-9-2-4-13(8-14,5-3-9)12-17-11(18-19-12)10-15-6-7-16-10/h6-7,9H,2-5,8,14H2,1H3,(H,15,16). The zero-order valence-corrected chi connectivity index (χ0v) is 11.1. The van der Waals surface area contributed by atoms with Crippen molar-refractivity contribution in [3.63, 3.8) is 0 Å². The summed E-state index contributed by atoms with van der Waals surface area (Å²) in [5.41, 5.74) is 5.84. The van der Waals surface area contributed by atoms with E-state index in [1.807, 2.05) is 0 Å². The van der Waals surface area contributed by atoms with Crippen molar-refractivity contribution in [3.8, 4) is 11.6 Å². The van der Waals surface area contributed by atoms with Gasteiger partial charge in [-0.15, -0.1) is 0 Å². The molecular formula is C13H19N5O. The first-order valence-electron chi connectivity index (χ1n) is 6.77. The number of aromatic nitrogens is 4. The number of hydrogen-bond acceptors (Lipinski definition) is 5. The Bertz CT molecular complexity index is 525. The third-order valence-electron chi connectivity index (χ3n) is 4.21. The summed E-state index contributed by atoms with van der Waals surface area (Å²) in [6, 6.07) is 0. The summed E-state index contributed by atoms with van der Waals surface area (Å²) in [5, 5.41) is 4.01. The van der Waals surface area contributed by atoms with Crippen LogP contribution in [0.15, 0.2) is 16.9 Å². The molecule has 1 aliphatic carbocycles. The van der Waals surface area contributed by atoms with Gasteiger partial charge in [0.25, 0.3) is 0 Å². The minimum atomic E-state index is -0.148. The molecule has 1 saturated carbocycles. The van der Waals surface area contributed by atoms with E-state index in [4.69, 9.17) is 10.3 Å². The van der Waals surface area contributed by atoms with Crippen molar-refractivity contribution < 1.29 is 4.52 Å². The highest BCUT2D eigenvalue weighted by Crippen LogP contribution is 2.40. The van der Waals surface area contributed by atoms with Gasteiger partial charge in [0.2, 0.25) is 11.7 Å². The van der Waals surface area contributed by atoms with Gasteiger partial charge >= 0.3 is 0 Å². The summed E-state index contributed by atoms with van der Waals surface area (Å²) in [7, 11) is 0. The number of rotatable bonds is 3. The van der Waals surface area contributed by atoms with E-state index in [1.54, 1.807) is 12.4 Å². The van der Waals surface area contributed by atoms with Crippen LogP contribution in [-0.2, 0) is 5.41 Å². The topological polar surface area (TPSA) is 93.6 Å². The molecule has 3 N–H and O–H groups in total. The van der Waals surface area contributed by atoms with Gasteiger partial charge < -0.3 is 15.2 Å². The average Bonchev–Trinajstić information content (AvgIpc) is 3.11. The molecule has 2 aromatic rings. The molecule has 0 amide bonds. The largest absolute Gasteiger partial charge is 0.342 e. The Morgan fingerprint density at radius 2 is 2.26 bits per heavy atom. The van der Waals surface area contributed by atoms with E-state index >= 15 is 0 Å². The fourth-order valence-corrected chi connectivity index (χ4v) is 2.74. The highest BCUT2D eigenvalue weighted by Gasteiger charge is 2.39. The highest BCUT2D eigenvalue weighted by atomic mass is 16.5. The molecule has 0 saturated heterocycles. The van der Waals surface area contributed by atoms with Crippen LogP contribution in [0.1, 0.15) is 38.5 Å². The highest BCUT2D eigenvalue weighted by molar-refractivity contribution is 5.41. The van der Waals surface area contributed by atoms with Crippen LogP contribution in [0.5, 0.6) is 0 Å². The number of nitrogens with zero attached hydrogens (tertiary/aromatic N) is 3. The van der Waals surface area contributed by atoms with Crippen LogP contribution >= 0.6 is 0 Å². The minimum Gasteiger partial charge on any atom is -0.342 e. The van der Waals surface area contributed by atoms with Gasteiger partial charge in [0.1, 0.15) is 0 Å². The zero-order chi connectivity index (χ0) is 13.3. The number of imidazole rings is 1. The van der Waals surface area contributed by atoms with E-state index in [0.717, 1.165) is 31.6 Å². The molecule has 1 fully saturated rings. The summed E-state index contributed by atoms with van der Waals surface area (Å²) >= 11 is 0. The number of aromatic amines is 1. The van der Waals surface area contributed by atoms with Crippen LogP contribution in [0.2, 0.25) is 0 Å². The molecule has 19 heavy (non-hydrogen) atoms. The number of nitrogens with one attached hydrogen (secondary N) is 1. The van der Waals surface area contributed by atoms with Gasteiger partial charge in [-0.1, -0.05) is 12.1 Å². The fraction of sp³-hybridized carbons (Fsp3) is 0.615. The van der Waals surface area contributed by atoms with Gasteiger partial charge in [0.15, 0.2) is 5.82 Å². The maximum atomic E-state index is 5.99. The van der Waals surface area contributed by atoms with Crippen molar-refractivity contribution in [2.75, 3.05) is 6.54 Å². The monoisotopic (exact) mass is 261 g/mol. The van der Waals surface area contributed by atoms with Gasteiger partial charge in [0, 0.05) is 18.9 Å². The van der Waals surface area contributed by atoms with E-state index in [0.29, 0.717) is 24.1 Å². The molecule has 0 aromatic carbocycles. The Hall–Kier alpha value is -1.69. The van der Waals surface area contributed by atoms with Gasteiger partial charge in [-0.3, -0.25) is 0 Å². The van der Waals surface area contributed by atoms with Crippen LogP contribution in [0, 0.1) is 5.92 Å². The lowest BCUT2D eigenvalue weighted by atomic mass is 9.71. The molecule has 2 aromatic heterocycles. The zero-order valence-electron chi connectivity index (χ0n) is 11.1. The number of H-pyrrole nitrogens is 1. The van der Waals surface area contributed by atoms with Crippen LogP contribution in [0.25, 0.3) is 11.6 Å². The molecule has 102 valence electrons. The van der Waals surface area contributed by atoms with E-state index in [-0.39, 0.29) is 5.41 Å². The lowest BCUT2D eigenvalue weighted by Gasteiger charge is -2.35. The Labute approximate surface area is 111 Å². The Morgan fingerprint density at radius 3 is 2.89 bits per heavy atom. The van der Waals surface area contributed by atoms with Crippen LogP contribution in [-0.4, -0.2) is 26.7 Å². The Morgan fingerprint density at radius 1 is 1.47 bits per heavy atom. The van der Waals surface area contributed by atoms with Crippen molar-refractivity contribution in [1.82, 2.24) is 20.1 Å². The summed E-state index contributed by atoms with van der Waals surface area (Å²) in [6.07, 6.45) is 7.78. The van der Waals surface area contributed by atoms with E-state index in [1.165, 1.54) is 0 Å². The van der Waals surface area contributed by atoms with Crippen LogP contribution < -0.4 is 5.73 Å². The van der Waals surface area contributed by atoms with Gasteiger partial charge in [0.05, 0.1) is 5.41 Å². The predicted molar refractivity (Wildman–Crippen MR) is 70.2 cm³/mol. The summed E-state index contributed by atoms with van der Waals surface area (Å²) in [4.78, 5) is 11.6. The van der Waals surface area contributed by atoms with E-state index in [9.17, 15) is 0 Å². The number of nitrogens with two attached hydrogens (primary N) is 1. The molecule has 0 bridgehead atoms. The first-order valence-corrected chi connectivity index (χ1v) is 6.77. The van der Waals surface area contributed by atoms with Gasteiger partial charge in [-0.2, -0.15) is 4.98 Å². The first kappa shape index (κ1) is 12.3. The Kier molecular flexibility index (Phi) is 3.10. The first-order chi connectivity index (χ1) is 9.23. The van der Waals surface area contributed by atoms with Crippen molar-refractivity contribution >= 4 is 0 Å². The lowest BCUT2D eigenvalue weighted by molar-refractivity contribution is 0.191. The number of hydrogen-bond donors (Lipinski definition) is 2. The van der Waals surface area contributed by atoms with Crippen molar-refractivity contribution in [3.05, 3.63) is 18.3 Å². The second-order valence-electron chi connectivity index (χ2n) is 5.53.